The second-order valence-corrected chi connectivity index (χ2v) is 12.5. The number of hydrogen-bond donors (Lipinski definition) is 3. The minimum Gasteiger partial charge on any atom is -0.353 e. The molecule has 2 amide bonds. The highest BCUT2D eigenvalue weighted by atomic mass is 35.5. The fraction of sp³-hybridized carbons (Fsp3) is 0.423. The molecule has 7 nitrogen and oxygen atoms in total. The lowest BCUT2D eigenvalue weighted by atomic mass is 10.0. The van der Waals surface area contributed by atoms with Crippen molar-refractivity contribution >= 4 is 74.0 Å². The molecule has 196 valence electrons. The van der Waals surface area contributed by atoms with E-state index < -0.39 is 0 Å². The molecule has 0 unspecified atom stereocenters. The van der Waals surface area contributed by atoms with E-state index in [1.807, 2.05) is 36.4 Å². The van der Waals surface area contributed by atoms with Gasteiger partial charge in [0, 0.05) is 31.4 Å². The summed E-state index contributed by atoms with van der Waals surface area (Å²) in [6.07, 6.45) is 3.74. The number of anilines is 1. The minimum absolute atomic E-state index is 0.00726. The molecule has 0 spiro atoms. The van der Waals surface area contributed by atoms with Gasteiger partial charge in [0.2, 0.25) is 11.8 Å². The predicted octanol–water partition coefficient (Wildman–Crippen LogP) is 5.17. The number of carbonyl (C=O) groups excluding carboxylic acids is 2. The van der Waals surface area contributed by atoms with Crippen molar-refractivity contribution in [3.8, 4) is 0 Å². The van der Waals surface area contributed by atoms with E-state index >= 15 is 0 Å². The molecule has 3 heterocycles. The number of fused-ring (bicyclic) bond motifs is 1. The fourth-order valence-electron chi connectivity index (χ4n) is 4.71. The Balaban J connectivity index is 1.06. The molecule has 2 aliphatic heterocycles. The summed E-state index contributed by atoms with van der Waals surface area (Å²) in [4.78, 5) is 32.0. The molecule has 2 aromatic carbocycles. The molecule has 2 fully saturated rings. The Labute approximate surface area is 234 Å². The maximum Gasteiger partial charge on any atom is 0.241 e. The number of likely N-dealkylation sites (tertiary alicyclic amines) is 1. The van der Waals surface area contributed by atoms with Gasteiger partial charge in [0.15, 0.2) is 4.34 Å². The lowest BCUT2D eigenvalue weighted by Gasteiger charge is -2.32. The SMILES string of the molecule is O=C(CSc1nc2ccc(NC(=O)[C@@H]3CCCN3)cc2s1)NC1CCN(Cc2ccc(Cl)c(Cl)c2)CC1. The number of aromatic nitrogens is 1. The molecule has 0 bridgehead atoms. The van der Waals surface area contributed by atoms with Crippen LogP contribution in [0.4, 0.5) is 5.69 Å². The van der Waals surface area contributed by atoms with Crippen LogP contribution in [0, 0.1) is 0 Å². The molecule has 5 rings (SSSR count). The summed E-state index contributed by atoms with van der Waals surface area (Å²) in [5, 5.41) is 10.5. The number of carbonyl (C=O) groups is 2. The number of hydrogen-bond acceptors (Lipinski definition) is 7. The fourth-order valence-corrected chi connectivity index (χ4v) is 6.95. The maximum atomic E-state index is 12.6. The molecule has 11 heteroatoms. The third-order valence-electron chi connectivity index (χ3n) is 6.68. The lowest BCUT2D eigenvalue weighted by Crippen LogP contribution is -2.44. The molecule has 3 aromatic rings. The van der Waals surface area contributed by atoms with Crippen LogP contribution in [0.5, 0.6) is 0 Å². The summed E-state index contributed by atoms with van der Waals surface area (Å²) in [5.41, 5.74) is 2.79. The van der Waals surface area contributed by atoms with E-state index in [0.29, 0.717) is 15.8 Å². The maximum absolute atomic E-state index is 12.6. The number of nitrogens with one attached hydrogen (secondary N) is 3. The number of benzene rings is 2. The third kappa shape index (κ3) is 7.16. The molecule has 1 aromatic heterocycles. The van der Waals surface area contributed by atoms with Gasteiger partial charge in [0.1, 0.15) is 0 Å². The van der Waals surface area contributed by atoms with Crippen molar-refractivity contribution < 1.29 is 9.59 Å². The van der Waals surface area contributed by atoms with Gasteiger partial charge in [-0.15, -0.1) is 11.3 Å². The minimum atomic E-state index is -0.114. The van der Waals surface area contributed by atoms with E-state index in [0.717, 1.165) is 77.7 Å². The zero-order valence-corrected chi connectivity index (χ0v) is 23.4. The molecule has 0 aliphatic carbocycles. The Kier molecular flexibility index (Phi) is 8.89. The van der Waals surface area contributed by atoms with Crippen molar-refractivity contribution in [2.45, 2.75) is 48.7 Å². The highest BCUT2D eigenvalue weighted by Gasteiger charge is 2.23. The first-order valence-electron chi connectivity index (χ1n) is 12.5. The average molecular weight is 579 g/mol. The number of amides is 2. The summed E-state index contributed by atoms with van der Waals surface area (Å²) in [7, 11) is 0. The number of nitrogens with zero attached hydrogens (tertiary/aromatic N) is 2. The second-order valence-electron chi connectivity index (χ2n) is 9.46. The van der Waals surface area contributed by atoms with E-state index in [-0.39, 0.29) is 23.9 Å². The Morgan fingerprint density at radius 3 is 2.70 bits per heavy atom. The summed E-state index contributed by atoms with van der Waals surface area (Å²) >= 11 is 15.1. The number of piperidine rings is 1. The predicted molar refractivity (Wildman–Crippen MR) is 153 cm³/mol. The molecule has 0 radical (unpaired) electrons. The van der Waals surface area contributed by atoms with Crippen molar-refractivity contribution in [2.24, 2.45) is 0 Å². The van der Waals surface area contributed by atoms with Crippen molar-refractivity contribution in [2.75, 3.05) is 30.7 Å². The van der Waals surface area contributed by atoms with Gasteiger partial charge in [-0.05, 0) is 68.1 Å². The third-order valence-corrected chi connectivity index (χ3v) is 9.58. The Morgan fingerprint density at radius 2 is 1.95 bits per heavy atom. The zero-order chi connectivity index (χ0) is 25.8. The Morgan fingerprint density at radius 1 is 1.11 bits per heavy atom. The number of halogens is 2. The molecule has 0 saturated carbocycles. The van der Waals surface area contributed by atoms with Gasteiger partial charge in [0.05, 0.1) is 32.1 Å². The lowest BCUT2D eigenvalue weighted by molar-refractivity contribution is -0.119. The smallest absolute Gasteiger partial charge is 0.241 e. The van der Waals surface area contributed by atoms with E-state index in [9.17, 15) is 9.59 Å². The van der Waals surface area contributed by atoms with Gasteiger partial charge in [-0.2, -0.15) is 0 Å². The molecule has 3 N–H and O–H groups in total. The number of thioether (sulfide) groups is 1. The summed E-state index contributed by atoms with van der Waals surface area (Å²) in [6.45, 7) is 3.56. The summed E-state index contributed by atoms with van der Waals surface area (Å²) in [6, 6.07) is 11.6. The molecule has 2 saturated heterocycles. The zero-order valence-electron chi connectivity index (χ0n) is 20.3. The van der Waals surface area contributed by atoms with Crippen LogP contribution in [0.15, 0.2) is 40.7 Å². The highest BCUT2D eigenvalue weighted by molar-refractivity contribution is 8.01. The summed E-state index contributed by atoms with van der Waals surface area (Å²) < 4.78 is 1.84. The number of rotatable bonds is 8. The quantitative estimate of drug-likeness (QED) is 0.320. The van der Waals surface area contributed by atoms with Crippen LogP contribution in [-0.2, 0) is 16.1 Å². The van der Waals surface area contributed by atoms with E-state index in [2.05, 4.69) is 25.8 Å². The van der Waals surface area contributed by atoms with Crippen molar-refractivity contribution in [1.82, 2.24) is 20.5 Å². The monoisotopic (exact) mass is 577 g/mol. The van der Waals surface area contributed by atoms with Gasteiger partial charge in [-0.1, -0.05) is 41.0 Å². The summed E-state index contributed by atoms with van der Waals surface area (Å²) in [5.74, 6) is 0.373. The van der Waals surface area contributed by atoms with Gasteiger partial charge < -0.3 is 16.0 Å². The van der Waals surface area contributed by atoms with Gasteiger partial charge >= 0.3 is 0 Å². The van der Waals surface area contributed by atoms with Crippen molar-refractivity contribution in [1.29, 1.82) is 0 Å². The van der Waals surface area contributed by atoms with Crippen LogP contribution in [0.25, 0.3) is 10.2 Å². The molecule has 2 aliphatic rings. The van der Waals surface area contributed by atoms with Crippen molar-refractivity contribution in [3.63, 3.8) is 0 Å². The van der Waals surface area contributed by atoms with Crippen LogP contribution in [0.2, 0.25) is 10.0 Å². The largest absolute Gasteiger partial charge is 0.353 e. The molecule has 1 atom stereocenters. The van der Waals surface area contributed by atoms with Gasteiger partial charge in [0.25, 0.3) is 0 Å². The molecular weight excluding hydrogens is 549 g/mol. The van der Waals surface area contributed by atoms with Crippen LogP contribution < -0.4 is 16.0 Å². The second kappa shape index (κ2) is 12.3. The Bertz CT molecular complexity index is 1270. The van der Waals surface area contributed by atoms with Crippen LogP contribution in [0.1, 0.15) is 31.2 Å². The van der Waals surface area contributed by atoms with Crippen LogP contribution in [0.3, 0.4) is 0 Å². The molecular formula is C26H29Cl2N5O2S2. The van der Waals surface area contributed by atoms with Gasteiger partial charge in [-0.3, -0.25) is 14.5 Å². The van der Waals surface area contributed by atoms with Crippen molar-refractivity contribution in [3.05, 3.63) is 52.0 Å². The van der Waals surface area contributed by atoms with E-state index in [1.54, 1.807) is 11.3 Å². The van der Waals surface area contributed by atoms with Gasteiger partial charge in [-0.25, -0.2) is 4.98 Å². The highest BCUT2D eigenvalue weighted by Crippen LogP contribution is 2.31. The normalized spacial score (nSPS) is 18.8. The Hall–Kier alpha value is -1.88. The van der Waals surface area contributed by atoms with Crippen LogP contribution in [-0.4, -0.2) is 59.2 Å². The average Bonchev–Trinajstić information content (AvgIpc) is 3.56. The first-order valence-corrected chi connectivity index (χ1v) is 15.0. The van der Waals surface area contributed by atoms with Crippen LogP contribution >= 0.6 is 46.3 Å². The van der Waals surface area contributed by atoms with E-state index in [4.69, 9.17) is 23.2 Å². The standard InChI is InChI=1S/C26H29Cl2N5O2S2/c27-19-5-3-16(12-20(19)28)14-33-10-7-17(8-11-33)30-24(34)15-36-26-32-21-6-4-18(13-23(21)37-26)31-25(35)22-2-1-9-29-22/h3-6,12-13,17,22,29H,1-2,7-11,14-15H2,(H,30,34)(H,31,35)/t22-/m0/s1. The van der Waals surface area contributed by atoms with E-state index in [1.165, 1.54) is 11.8 Å². The molecule has 37 heavy (non-hydrogen) atoms. The first kappa shape index (κ1) is 26.7. The number of thiazole rings is 1. The first-order chi connectivity index (χ1) is 17.9. The topological polar surface area (TPSA) is 86.4 Å².